The minimum absolute atomic E-state index is 0.0259. The summed E-state index contributed by atoms with van der Waals surface area (Å²) >= 11 is 12.9. The van der Waals surface area contributed by atoms with Crippen LogP contribution in [0.1, 0.15) is 11.6 Å². The fourth-order valence-electron chi connectivity index (χ4n) is 2.80. The summed E-state index contributed by atoms with van der Waals surface area (Å²) in [5, 5.41) is 0. The van der Waals surface area contributed by atoms with Gasteiger partial charge in [-0.25, -0.2) is 13.1 Å². The summed E-state index contributed by atoms with van der Waals surface area (Å²) < 4.78 is 33.8. The number of halogens is 2. The van der Waals surface area contributed by atoms with Crippen LogP contribution in [0.2, 0.25) is 8.67 Å². The first-order chi connectivity index (χ1) is 12.0. The van der Waals surface area contributed by atoms with Crippen LogP contribution in [0.5, 0.6) is 0 Å². The number of nitrogens with one attached hydrogen (secondary N) is 1. The number of morpholine rings is 1. The van der Waals surface area contributed by atoms with E-state index < -0.39 is 10.0 Å². The van der Waals surface area contributed by atoms with Crippen molar-refractivity contribution < 1.29 is 13.2 Å². The van der Waals surface area contributed by atoms with Gasteiger partial charge >= 0.3 is 0 Å². The molecule has 1 atom stereocenters. The molecule has 0 radical (unpaired) electrons. The molecule has 2 heterocycles. The van der Waals surface area contributed by atoms with Crippen LogP contribution in [0.3, 0.4) is 0 Å². The quantitative estimate of drug-likeness (QED) is 0.777. The summed E-state index contributed by atoms with van der Waals surface area (Å²) in [6, 6.07) is 11.2. The van der Waals surface area contributed by atoms with Gasteiger partial charge in [0.1, 0.15) is 9.23 Å². The molecule has 3 rings (SSSR count). The topological polar surface area (TPSA) is 58.6 Å². The Hall–Kier alpha value is -0.670. The highest BCUT2D eigenvalue weighted by Gasteiger charge is 2.26. The molecule has 0 bridgehead atoms. The normalized spacial score (nSPS) is 17.5. The first kappa shape index (κ1) is 19.1. The molecular formula is C16H18Cl2N2O3S2. The fourth-order valence-corrected chi connectivity index (χ4v) is 5.98. The van der Waals surface area contributed by atoms with Crippen molar-refractivity contribution in [2.24, 2.45) is 0 Å². The summed E-state index contributed by atoms with van der Waals surface area (Å²) in [6.45, 7) is 3.04. The van der Waals surface area contributed by atoms with Gasteiger partial charge in [-0.05, 0) is 11.6 Å². The zero-order chi connectivity index (χ0) is 17.9. The molecule has 1 aromatic heterocycles. The molecule has 1 unspecified atom stereocenters. The maximum atomic E-state index is 12.6. The Bertz CT molecular complexity index is 806. The predicted molar refractivity (Wildman–Crippen MR) is 101 cm³/mol. The van der Waals surface area contributed by atoms with Crippen LogP contribution in [0.15, 0.2) is 41.3 Å². The molecule has 25 heavy (non-hydrogen) atoms. The van der Waals surface area contributed by atoms with E-state index in [1.54, 1.807) is 0 Å². The van der Waals surface area contributed by atoms with E-state index in [1.165, 1.54) is 6.07 Å². The van der Waals surface area contributed by atoms with Gasteiger partial charge in [-0.1, -0.05) is 53.5 Å². The van der Waals surface area contributed by atoms with Crippen molar-refractivity contribution >= 4 is 44.6 Å². The summed E-state index contributed by atoms with van der Waals surface area (Å²) in [6.07, 6.45) is 0. The second-order valence-corrected chi connectivity index (χ2v) is 9.64. The van der Waals surface area contributed by atoms with Crippen molar-refractivity contribution in [1.82, 2.24) is 9.62 Å². The second-order valence-electron chi connectivity index (χ2n) is 5.62. The zero-order valence-electron chi connectivity index (χ0n) is 13.3. The number of thiophene rings is 1. The molecule has 9 heteroatoms. The Kier molecular flexibility index (Phi) is 6.38. The Morgan fingerprint density at radius 1 is 1.20 bits per heavy atom. The van der Waals surface area contributed by atoms with Gasteiger partial charge in [-0.2, -0.15) is 0 Å². The maximum Gasteiger partial charge on any atom is 0.243 e. The lowest BCUT2D eigenvalue weighted by atomic mass is 10.1. The van der Waals surface area contributed by atoms with Crippen molar-refractivity contribution in [2.75, 3.05) is 32.8 Å². The largest absolute Gasteiger partial charge is 0.379 e. The number of nitrogens with zero attached hydrogens (tertiary/aromatic N) is 1. The van der Waals surface area contributed by atoms with Crippen LogP contribution in [0.25, 0.3) is 0 Å². The number of rotatable bonds is 6. The summed E-state index contributed by atoms with van der Waals surface area (Å²) in [4.78, 5) is 2.25. The summed E-state index contributed by atoms with van der Waals surface area (Å²) in [5.41, 5.74) is 1.06. The van der Waals surface area contributed by atoms with Gasteiger partial charge in [-0.3, -0.25) is 4.90 Å². The predicted octanol–water partition coefficient (Wildman–Crippen LogP) is 3.41. The number of hydrogen-bond acceptors (Lipinski definition) is 5. The van der Waals surface area contributed by atoms with Crippen LogP contribution in [-0.4, -0.2) is 46.2 Å². The third-order valence-corrected chi connectivity index (χ3v) is 7.23. The molecule has 1 aliphatic rings. The van der Waals surface area contributed by atoms with Crippen molar-refractivity contribution in [3.8, 4) is 0 Å². The Morgan fingerprint density at radius 3 is 2.48 bits per heavy atom. The van der Waals surface area contributed by atoms with Crippen molar-refractivity contribution in [3.63, 3.8) is 0 Å². The van der Waals surface area contributed by atoms with Crippen molar-refractivity contribution in [2.45, 2.75) is 10.9 Å². The van der Waals surface area contributed by atoms with Gasteiger partial charge in [0.2, 0.25) is 10.0 Å². The SMILES string of the molecule is O=S(=O)(NCC(c1ccccc1)N1CCOCC1)c1cc(Cl)sc1Cl. The highest BCUT2D eigenvalue weighted by Crippen LogP contribution is 2.34. The number of ether oxygens (including phenoxy) is 1. The monoisotopic (exact) mass is 420 g/mol. The third kappa shape index (κ3) is 4.74. The number of sulfonamides is 1. The van der Waals surface area contributed by atoms with Crippen LogP contribution in [0.4, 0.5) is 0 Å². The number of hydrogen-bond donors (Lipinski definition) is 1. The molecule has 136 valence electrons. The van der Waals surface area contributed by atoms with Gasteiger partial charge < -0.3 is 4.74 Å². The smallest absolute Gasteiger partial charge is 0.243 e. The first-order valence-corrected chi connectivity index (χ1v) is 10.8. The third-order valence-electron chi connectivity index (χ3n) is 4.05. The van der Waals surface area contributed by atoms with E-state index in [0.29, 0.717) is 17.6 Å². The Balaban J connectivity index is 1.79. The van der Waals surface area contributed by atoms with Gasteiger partial charge in [0.15, 0.2) is 0 Å². The van der Waals surface area contributed by atoms with E-state index in [1.807, 2.05) is 30.3 Å². The first-order valence-electron chi connectivity index (χ1n) is 7.78. The molecule has 2 aromatic rings. The second kappa shape index (κ2) is 8.35. The maximum absolute atomic E-state index is 12.6. The molecule has 1 N–H and O–H groups in total. The van der Waals surface area contributed by atoms with E-state index in [-0.39, 0.29) is 21.8 Å². The average molecular weight is 421 g/mol. The van der Waals surface area contributed by atoms with E-state index in [0.717, 1.165) is 30.0 Å². The van der Waals surface area contributed by atoms with Crippen molar-refractivity contribution in [1.29, 1.82) is 0 Å². The van der Waals surface area contributed by atoms with Crippen LogP contribution < -0.4 is 4.72 Å². The molecule has 0 aliphatic carbocycles. The van der Waals surface area contributed by atoms with Crippen LogP contribution >= 0.6 is 34.5 Å². The molecule has 5 nitrogen and oxygen atoms in total. The molecule has 0 amide bonds. The van der Waals surface area contributed by atoms with E-state index in [4.69, 9.17) is 27.9 Å². The standard InChI is InChI=1S/C16H18Cl2N2O3S2/c17-15-10-14(16(18)24-15)25(21,22)19-11-13(12-4-2-1-3-5-12)20-6-8-23-9-7-20/h1-5,10,13,19H,6-9,11H2. The van der Waals surface area contributed by atoms with E-state index in [2.05, 4.69) is 9.62 Å². The lowest BCUT2D eigenvalue weighted by Gasteiger charge is -2.34. The van der Waals surface area contributed by atoms with Crippen molar-refractivity contribution in [3.05, 3.63) is 50.6 Å². The van der Waals surface area contributed by atoms with E-state index in [9.17, 15) is 8.42 Å². The minimum Gasteiger partial charge on any atom is -0.379 e. The van der Waals surface area contributed by atoms with Gasteiger partial charge in [0, 0.05) is 25.7 Å². The highest BCUT2D eigenvalue weighted by atomic mass is 35.5. The van der Waals surface area contributed by atoms with Crippen LogP contribution in [0, 0.1) is 0 Å². The summed E-state index contributed by atoms with van der Waals surface area (Å²) in [7, 11) is -3.73. The average Bonchev–Trinajstić information content (AvgIpc) is 2.96. The Labute approximate surface area is 161 Å². The van der Waals surface area contributed by atoms with Gasteiger partial charge in [-0.15, -0.1) is 11.3 Å². The molecule has 1 fully saturated rings. The number of benzene rings is 1. The molecule has 0 spiro atoms. The fraction of sp³-hybridized carbons (Fsp3) is 0.375. The van der Waals surface area contributed by atoms with E-state index >= 15 is 0 Å². The van der Waals surface area contributed by atoms with Gasteiger partial charge in [0.05, 0.1) is 17.6 Å². The minimum atomic E-state index is -3.73. The Morgan fingerprint density at radius 2 is 1.88 bits per heavy atom. The molecule has 0 saturated carbocycles. The summed E-state index contributed by atoms with van der Waals surface area (Å²) in [5.74, 6) is 0. The lowest BCUT2D eigenvalue weighted by Crippen LogP contribution is -2.43. The highest BCUT2D eigenvalue weighted by molar-refractivity contribution is 7.89. The molecule has 1 aliphatic heterocycles. The zero-order valence-corrected chi connectivity index (χ0v) is 16.5. The van der Waals surface area contributed by atoms with Gasteiger partial charge in [0.25, 0.3) is 0 Å². The van der Waals surface area contributed by atoms with Crippen LogP contribution in [-0.2, 0) is 14.8 Å². The molecular weight excluding hydrogens is 403 g/mol. The molecule has 1 aromatic carbocycles. The molecule has 1 saturated heterocycles. The lowest BCUT2D eigenvalue weighted by molar-refractivity contribution is 0.0172.